The van der Waals surface area contributed by atoms with Crippen molar-refractivity contribution >= 4 is 17.7 Å². The second-order valence-corrected chi connectivity index (χ2v) is 6.72. The normalized spacial score (nSPS) is 17.2. The molecule has 1 atom stereocenters. The lowest BCUT2D eigenvalue weighted by molar-refractivity contribution is -0.135. The SMILES string of the molecule is COC(=O)C(=O)c1c(C)c(C(=O)O)c2n1CCC2C(C)(C)C. The fourth-order valence-electron chi connectivity index (χ4n) is 3.35. The van der Waals surface area contributed by atoms with E-state index in [4.69, 9.17) is 0 Å². The minimum absolute atomic E-state index is 0.0245. The van der Waals surface area contributed by atoms with Gasteiger partial charge in [0.25, 0.3) is 5.78 Å². The molecule has 1 aromatic rings. The largest absolute Gasteiger partial charge is 0.478 e. The molecule has 1 N–H and O–H groups in total. The highest BCUT2D eigenvalue weighted by atomic mass is 16.5. The van der Waals surface area contributed by atoms with Crippen LogP contribution >= 0.6 is 0 Å². The first-order valence-corrected chi connectivity index (χ1v) is 7.20. The molecule has 120 valence electrons. The van der Waals surface area contributed by atoms with Gasteiger partial charge in [-0.05, 0) is 24.3 Å². The van der Waals surface area contributed by atoms with Crippen LogP contribution in [0.4, 0.5) is 0 Å². The topological polar surface area (TPSA) is 85.6 Å². The van der Waals surface area contributed by atoms with Gasteiger partial charge in [0.15, 0.2) is 0 Å². The molecule has 0 fully saturated rings. The van der Waals surface area contributed by atoms with Crippen molar-refractivity contribution in [1.29, 1.82) is 0 Å². The molecular formula is C16H21NO5. The van der Waals surface area contributed by atoms with E-state index in [2.05, 4.69) is 4.74 Å². The third-order valence-corrected chi connectivity index (χ3v) is 4.36. The van der Waals surface area contributed by atoms with Gasteiger partial charge in [-0.3, -0.25) is 4.79 Å². The number of aromatic carboxylic acids is 1. The second kappa shape index (κ2) is 5.26. The molecule has 2 heterocycles. The molecule has 0 radical (unpaired) electrons. The van der Waals surface area contributed by atoms with Crippen molar-refractivity contribution in [2.45, 2.75) is 46.6 Å². The number of carboxylic acids is 1. The molecule has 0 saturated carbocycles. The summed E-state index contributed by atoms with van der Waals surface area (Å²) >= 11 is 0. The van der Waals surface area contributed by atoms with Gasteiger partial charge in [-0.1, -0.05) is 20.8 Å². The fraction of sp³-hybridized carbons (Fsp3) is 0.562. The molecule has 2 rings (SSSR count). The highest BCUT2D eigenvalue weighted by Gasteiger charge is 2.41. The first-order valence-electron chi connectivity index (χ1n) is 7.20. The fourth-order valence-corrected chi connectivity index (χ4v) is 3.35. The highest BCUT2D eigenvalue weighted by Crippen LogP contribution is 2.46. The lowest BCUT2D eigenvalue weighted by Gasteiger charge is -2.27. The third-order valence-electron chi connectivity index (χ3n) is 4.36. The summed E-state index contributed by atoms with van der Waals surface area (Å²) in [6.45, 7) is 8.24. The molecule has 0 bridgehead atoms. The van der Waals surface area contributed by atoms with Crippen molar-refractivity contribution in [3.05, 3.63) is 22.5 Å². The summed E-state index contributed by atoms with van der Waals surface area (Å²) in [4.78, 5) is 35.5. The van der Waals surface area contributed by atoms with E-state index in [-0.39, 0.29) is 22.6 Å². The van der Waals surface area contributed by atoms with E-state index in [0.717, 1.165) is 13.5 Å². The van der Waals surface area contributed by atoms with E-state index in [1.165, 1.54) is 0 Å². The molecule has 1 aliphatic rings. The number of carbonyl (C=O) groups is 3. The van der Waals surface area contributed by atoms with Gasteiger partial charge in [0.1, 0.15) is 5.69 Å². The molecule has 1 unspecified atom stereocenters. The number of nitrogens with zero attached hydrogens (tertiary/aromatic N) is 1. The van der Waals surface area contributed by atoms with E-state index in [1.54, 1.807) is 11.5 Å². The molecule has 1 aliphatic heterocycles. The molecule has 22 heavy (non-hydrogen) atoms. The van der Waals surface area contributed by atoms with Crippen molar-refractivity contribution < 1.29 is 24.2 Å². The maximum absolute atomic E-state index is 12.3. The molecule has 0 saturated heterocycles. The Kier molecular flexibility index (Phi) is 3.89. The maximum atomic E-state index is 12.3. The Balaban J connectivity index is 2.71. The van der Waals surface area contributed by atoms with Gasteiger partial charge < -0.3 is 14.4 Å². The van der Waals surface area contributed by atoms with Crippen LogP contribution in [0.5, 0.6) is 0 Å². The molecule has 0 aromatic carbocycles. The summed E-state index contributed by atoms with van der Waals surface area (Å²) in [6.07, 6.45) is 0.751. The minimum Gasteiger partial charge on any atom is -0.478 e. The molecule has 0 spiro atoms. The van der Waals surface area contributed by atoms with Gasteiger partial charge in [-0.15, -0.1) is 0 Å². The zero-order valence-corrected chi connectivity index (χ0v) is 13.5. The Bertz CT molecular complexity index is 663. The predicted molar refractivity (Wildman–Crippen MR) is 79.3 cm³/mol. The van der Waals surface area contributed by atoms with Crippen LogP contribution in [0.3, 0.4) is 0 Å². The van der Waals surface area contributed by atoms with Gasteiger partial charge in [0, 0.05) is 18.2 Å². The summed E-state index contributed by atoms with van der Waals surface area (Å²) in [5.74, 6) is -2.80. The zero-order valence-electron chi connectivity index (χ0n) is 13.5. The van der Waals surface area contributed by atoms with E-state index in [1.807, 2.05) is 20.8 Å². The van der Waals surface area contributed by atoms with Crippen LogP contribution in [0.25, 0.3) is 0 Å². The quantitative estimate of drug-likeness (QED) is 0.526. The second-order valence-electron chi connectivity index (χ2n) is 6.72. The first kappa shape index (κ1) is 16.3. The maximum Gasteiger partial charge on any atom is 0.381 e. The number of hydrogen-bond donors (Lipinski definition) is 1. The molecular weight excluding hydrogens is 286 g/mol. The van der Waals surface area contributed by atoms with Gasteiger partial charge in [0.05, 0.1) is 12.7 Å². The van der Waals surface area contributed by atoms with E-state index >= 15 is 0 Å². The number of ether oxygens (including phenoxy) is 1. The first-order chi connectivity index (χ1) is 10.1. The Labute approximate surface area is 129 Å². The number of hydrogen-bond acceptors (Lipinski definition) is 4. The molecule has 6 nitrogen and oxygen atoms in total. The number of esters is 1. The van der Waals surface area contributed by atoms with Crippen LogP contribution < -0.4 is 0 Å². The van der Waals surface area contributed by atoms with Crippen LogP contribution in [0, 0.1) is 12.3 Å². The average Bonchev–Trinajstić information content (AvgIpc) is 2.92. The number of ketones is 1. The van der Waals surface area contributed by atoms with Crippen molar-refractivity contribution in [3.63, 3.8) is 0 Å². The van der Waals surface area contributed by atoms with Gasteiger partial charge in [-0.25, -0.2) is 9.59 Å². The Morgan fingerprint density at radius 3 is 2.32 bits per heavy atom. The summed E-state index contributed by atoms with van der Waals surface area (Å²) in [7, 11) is 1.14. The van der Waals surface area contributed by atoms with Crippen molar-refractivity contribution in [2.75, 3.05) is 7.11 Å². The number of Topliss-reactive ketones (excluding diaryl/α,β-unsaturated/α-hetero) is 1. The summed E-state index contributed by atoms with van der Waals surface area (Å²) in [6, 6.07) is 0. The van der Waals surface area contributed by atoms with Gasteiger partial charge in [0.2, 0.25) is 0 Å². The van der Waals surface area contributed by atoms with Crippen LogP contribution in [-0.2, 0) is 16.1 Å². The van der Waals surface area contributed by atoms with Crippen molar-refractivity contribution in [2.24, 2.45) is 5.41 Å². The van der Waals surface area contributed by atoms with Crippen LogP contribution in [0.15, 0.2) is 0 Å². The number of methoxy groups -OCH3 is 1. The van der Waals surface area contributed by atoms with Gasteiger partial charge in [-0.2, -0.15) is 0 Å². The van der Waals surface area contributed by atoms with E-state index in [0.29, 0.717) is 17.8 Å². The van der Waals surface area contributed by atoms with E-state index < -0.39 is 17.7 Å². The number of aromatic nitrogens is 1. The molecule has 6 heteroatoms. The standard InChI is InChI=1S/C16H21NO5/c1-8-10(14(19)20)12-9(16(2,3)4)6-7-17(12)11(8)13(18)15(21)22-5/h9H,6-7H2,1-5H3,(H,19,20). The summed E-state index contributed by atoms with van der Waals surface area (Å²) in [5, 5.41) is 9.56. The Morgan fingerprint density at radius 1 is 1.27 bits per heavy atom. The van der Waals surface area contributed by atoms with E-state index in [9.17, 15) is 19.5 Å². The van der Waals surface area contributed by atoms with Gasteiger partial charge >= 0.3 is 11.9 Å². The number of carboxylic acid groups (broad SMARTS) is 1. The van der Waals surface area contributed by atoms with Crippen molar-refractivity contribution in [3.8, 4) is 0 Å². The number of fused-ring (bicyclic) bond motifs is 1. The highest BCUT2D eigenvalue weighted by molar-refractivity contribution is 6.40. The van der Waals surface area contributed by atoms with Crippen LogP contribution in [0.2, 0.25) is 0 Å². The number of carbonyl (C=O) groups excluding carboxylic acids is 2. The average molecular weight is 307 g/mol. The molecule has 0 aliphatic carbocycles. The smallest absolute Gasteiger partial charge is 0.381 e. The Morgan fingerprint density at radius 2 is 1.86 bits per heavy atom. The van der Waals surface area contributed by atoms with Crippen LogP contribution in [-0.4, -0.2) is 34.5 Å². The monoisotopic (exact) mass is 307 g/mol. The lowest BCUT2D eigenvalue weighted by atomic mass is 9.77. The number of rotatable bonds is 3. The minimum atomic E-state index is -1.07. The van der Waals surface area contributed by atoms with Crippen LogP contribution in [0.1, 0.15) is 65.2 Å². The lowest BCUT2D eigenvalue weighted by Crippen LogP contribution is -2.20. The zero-order chi connectivity index (χ0) is 16.8. The molecule has 0 amide bonds. The Hall–Kier alpha value is -2.11. The third kappa shape index (κ3) is 2.32. The van der Waals surface area contributed by atoms with Crippen molar-refractivity contribution in [1.82, 2.24) is 4.57 Å². The summed E-state index contributed by atoms with van der Waals surface area (Å²) in [5.41, 5.74) is 1.14. The predicted octanol–water partition coefficient (Wildman–Crippen LogP) is 2.38. The molecule has 1 aromatic heterocycles. The summed E-state index contributed by atoms with van der Waals surface area (Å²) < 4.78 is 6.18.